The summed E-state index contributed by atoms with van der Waals surface area (Å²) < 4.78 is 10.6. The average molecular weight is 401 g/mol. The average Bonchev–Trinajstić information content (AvgIpc) is 3.09. The minimum absolute atomic E-state index is 0.267. The van der Waals surface area contributed by atoms with Crippen molar-refractivity contribution in [3.8, 4) is 5.75 Å². The summed E-state index contributed by atoms with van der Waals surface area (Å²) in [5.74, 6) is 1.17. The van der Waals surface area contributed by atoms with Crippen molar-refractivity contribution in [2.45, 2.75) is 45.4 Å². The predicted molar refractivity (Wildman–Crippen MR) is 106 cm³/mol. The molecule has 156 valence electrons. The van der Waals surface area contributed by atoms with Crippen LogP contribution in [-0.4, -0.2) is 68.2 Å². The largest absolute Gasteiger partial charge is 0.497 e. The third kappa shape index (κ3) is 5.77. The molecule has 1 aromatic heterocycles. The number of ether oxygens (including phenoxy) is 2. The molecule has 1 atom stereocenters. The lowest BCUT2D eigenvalue weighted by Gasteiger charge is -2.33. The first-order valence-corrected chi connectivity index (χ1v) is 9.51. The molecule has 1 fully saturated rings. The van der Waals surface area contributed by atoms with Gasteiger partial charge in [-0.2, -0.15) is 4.80 Å². The van der Waals surface area contributed by atoms with Crippen molar-refractivity contribution in [3.05, 3.63) is 41.2 Å². The Kier molecular flexibility index (Phi) is 6.17. The Morgan fingerprint density at radius 2 is 2.03 bits per heavy atom. The number of benzene rings is 1. The second-order valence-corrected chi connectivity index (χ2v) is 7.95. The van der Waals surface area contributed by atoms with Gasteiger partial charge in [0.25, 0.3) is 0 Å². The number of aliphatic hydroxyl groups excluding tert-OH is 1. The Bertz CT molecular complexity index is 870. The molecule has 0 aliphatic carbocycles. The first kappa shape index (κ1) is 20.8. The van der Waals surface area contributed by atoms with E-state index in [1.54, 1.807) is 18.1 Å². The Hall–Kier alpha value is -2.94. The Morgan fingerprint density at radius 3 is 2.69 bits per heavy atom. The van der Waals surface area contributed by atoms with E-state index in [-0.39, 0.29) is 6.54 Å². The zero-order valence-corrected chi connectivity index (χ0v) is 17.2. The molecule has 29 heavy (non-hydrogen) atoms. The van der Waals surface area contributed by atoms with Gasteiger partial charge in [-0.3, -0.25) is 0 Å². The Balaban J connectivity index is 1.67. The van der Waals surface area contributed by atoms with Gasteiger partial charge in [-0.1, -0.05) is 12.1 Å². The normalized spacial score (nSPS) is 18.7. The number of hydrogen-bond donors (Lipinski definition) is 1. The molecular weight excluding hydrogens is 374 g/mol. The van der Waals surface area contributed by atoms with Crippen LogP contribution in [0.15, 0.2) is 29.8 Å². The number of aromatic nitrogens is 4. The number of carbonyl (C=O) groups is 1. The van der Waals surface area contributed by atoms with Gasteiger partial charge in [0.05, 0.1) is 19.8 Å². The fourth-order valence-electron chi connectivity index (χ4n) is 2.93. The molecule has 1 aliphatic rings. The highest BCUT2D eigenvalue weighted by Crippen LogP contribution is 2.21. The van der Waals surface area contributed by atoms with Gasteiger partial charge in [0.2, 0.25) is 0 Å². The monoisotopic (exact) mass is 401 g/mol. The van der Waals surface area contributed by atoms with E-state index in [1.165, 1.54) is 4.80 Å². The maximum Gasteiger partial charge on any atom is 0.410 e. The lowest BCUT2D eigenvalue weighted by molar-refractivity contribution is 0.0191. The van der Waals surface area contributed by atoms with Crippen LogP contribution in [0, 0.1) is 0 Å². The molecule has 0 radical (unpaired) electrons. The molecule has 1 amide bonds. The number of aliphatic hydroxyl groups is 1. The minimum atomic E-state index is -0.651. The maximum absolute atomic E-state index is 12.3. The zero-order chi connectivity index (χ0) is 21.0. The lowest BCUT2D eigenvalue weighted by Crippen LogP contribution is -2.44. The summed E-state index contributed by atoms with van der Waals surface area (Å²) in [5, 5.41) is 22.8. The topological polar surface area (TPSA) is 103 Å². The summed E-state index contributed by atoms with van der Waals surface area (Å²) in [7, 11) is 1.62. The summed E-state index contributed by atoms with van der Waals surface area (Å²) >= 11 is 0. The molecule has 0 spiro atoms. The van der Waals surface area contributed by atoms with E-state index in [2.05, 4.69) is 15.4 Å². The van der Waals surface area contributed by atoms with E-state index in [9.17, 15) is 9.90 Å². The highest BCUT2D eigenvalue weighted by Gasteiger charge is 2.29. The van der Waals surface area contributed by atoms with Gasteiger partial charge in [-0.05, 0) is 61.8 Å². The fraction of sp³-hybridized carbons (Fsp3) is 0.500. The van der Waals surface area contributed by atoms with Crippen molar-refractivity contribution < 1.29 is 19.4 Å². The summed E-state index contributed by atoms with van der Waals surface area (Å²) in [4.78, 5) is 15.4. The molecule has 2 heterocycles. The molecule has 1 saturated heterocycles. The quantitative estimate of drug-likeness (QED) is 0.837. The summed E-state index contributed by atoms with van der Waals surface area (Å²) in [6.45, 7) is 6.64. The van der Waals surface area contributed by atoms with E-state index in [4.69, 9.17) is 9.47 Å². The molecule has 1 aromatic carbocycles. The van der Waals surface area contributed by atoms with E-state index < -0.39 is 17.8 Å². The molecular formula is C20H27N5O4. The number of rotatable bonds is 4. The van der Waals surface area contributed by atoms with Gasteiger partial charge in [-0.15, -0.1) is 10.2 Å². The Morgan fingerprint density at radius 1 is 1.31 bits per heavy atom. The number of carbonyl (C=O) groups excluding carboxylic acids is 1. The number of methoxy groups -OCH3 is 1. The van der Waals surface area contributed by atoms with Crippen LogP contribution in [0.2, 0.25) is 0 Å². The van der Waals surface area contributed by atoms with Crippen molar-refractivity contribution in [3.63, 3.8) is 0 Å². The van der Waals surface area contributed by atoms with Crippen LogP contribution in [-0.2, 0) is 11.3 Å². The highest BCUT2D eigenvalue weighted by molar-refractivity contribution is 5.69. The molecule has 9 nitrogen and oxygen atoms in total. The highest BCUT2D eigenvalue weighted by atomic mass is 16.6. The van der Waals surface area contributed by atoms with Gasteiger partial charge in [0, 0.05) is 13.1 Å². The van der Waals surface area contributed by atoms with Crippen LogP contribution in [0.5, 0.6) is 5.75 Å². The molecule has 1 unspecified atom stereocenters. The number of hydrogen-bond acceptors (Lipinski definition) is 7. The second kappa shape index (κ2) is 8.60. The first-order valence-electron chi connectivity index (χ1n) is 9.51. The predicted octanol–water partition coefficient (Wildman–Crippen LogP) is 2.12. The smallest absolute Gasteiger partial charge is 0.410 e. The van der Waals surface area contributed by atoms with E-state index in [0.29, 0.717) is 30.9 Å². The molecule has 9 heteroatoms. The molecule has 3 rings (SSSR count). The van der Waals surface area contributed by atoms with Crippen LogP contribution >= 0.6 is 0 Å². The second-order valence-electron chi connectivity index (χ2n) is 7.95. The SMILES string of the molecule is COc1ccc(Cn2nnc(C=C3CN(C(=O)OC(C)(C)C)CCC3O)n2)cc1. The van der Waals surface area contributed by atoms with Crippen molar-refractivity contribution in [2.75, 3.05) is 20.2 Å². The molecule has 1 aliphatic heterocycles. The maximum atomic E-state index is 12.3. The summed E-state index contributed by atoms with van der Waals surface area (Å²) in [6.07, 6.45) is 1.07. The minimum Gasteiger partial charge on any atom is -0.497 e. The standard InChI is InChI=1S/C20H27N5O4/c1-20(2,3)29-19(27)24-10-9-17(26)15(13-24)11-18-21-23-25(22-18)12-14-5-7-16(28-4)8-6-14/h5-8,11,17,26H,9-10,12-13H2,1-4H3. The summed E-state index contributed by atoms with van der Waals surface area (Å²) in [6, 6.07) is 7.62. The van der Waals surface area contributed by atoms with Crippen molar-refractivity contribution >= 4 is 12.2 Å². The summed E-state index contributed by atoms with van der Waals surface area (Å²) in [5.41, 5.74) is 1.10. The van der Waals surface area contributed by atoms with Crippen LogP contribution in [0.3, 0.4) is 0 Å². The van der Waals surface area contributed by atoms with Gasteiger partial charge in [0.1, 0.15) is 11.4 Å². The lowest BCUT2D eigenvalue weighted by atomic mass is 10.0. The number of likely N-dealkylation sites (tertiary alicyclic amines) is 1. The van der Waals surface area contributed by atoms with Crippen LogP contribution in [0.4, 0.5) is 4.79 Å². The van der Waals surface area contributed by atoms with Gasteiger partial charge in [0.15, 0.2) is 5.82 Å². The van der Waals surface area contributed by atoms with Crippen LogP contribution < -0.4 is 4.74 Å². The molecule has 1 N–H and O–H groups in total. The van der Waals surface area contributed by atoms with Crippen molar-refractivity contribution in [1.82, 2.24) is 25.1 Å². The third-order valence-corrected chi connectivity index (χ3v) is 4.39. The molecule has 0 saturated carbocycles. The van der Waals surface area contributed by atoms with Gasteiger partial charge >= 0.3 is 6.09 Å². The fourth-order valence-corrected chi connectivity index (χ4v) is 2.93. The zero-order valence-electron chi connectivity index (χ0n) is 17.2. The first-order chi connectivity index (χ1) is 13.7. The molecule has 2 aromatic rings. The number of piperidine rings is 1. The number of nitrogens with zero attached hydrogens (tertiary/aromatic N) is 5. The molecule has 0 bridgehead atoms. The van der Waals surface area contributed by atoms with Crippen LogP contribution in [0.25, 0.3) is 6.08 Å². The van der Waals surface area contributed by atoms with Crippen molar-refractivity contribution in [2.24, 2.45) is 0 Å². The van der Waals surface area contributed by atoms with Gasteiger partial charge < -0.3 is 19.5 Å². The van der Waals surface area contributed by atoms with Crippen LogP contribution in [0.1, 0.15) is 38.6 Å². The Labute approximate surface area is 169 Å². The van der Waals surface area contributed by atoms with E-state index >= 15 is 0 Å². The van der Waals surface area contributed by atoms with E-state index in [1.807, 2.05) is 45.0 Å². The third-order valence-electron chi connectivity index (χ3n) is 4.39. The van der Waals surface area contributed by atoms with E-state index in [0.717, 1.165) is 11.3 Å². The van der Waals surface area contributed by atoms with Crippen molar-refractivity contribution in [1.29, 1.82) is 0 Å². The number of amides is 1. The van der Waals surface area contributed by atoms with Gasteiger partial charge in [-0.25, -0.2) is 4.79 Å². The number of tetrazole rings is 1.